The maximum absolute atomic E-state index is 12.1. The summed E-state index contributed by atoms with van der Waals surface area (Å²) in [5, 5.41) is 8.61. The number of carbonyl (C=O) groups excluding carboxylic acids is 1. The van der Waals surface area contributed by atoms with Crippen LogP contribution in [0.1, 0.15) is 16.1 Å². The Labute approximate surface area is 133 Å². The van der Waals surface area contributed by atoms with E-state index < -0.39 is 10.0 Å². The Morgan fingerprint density at radius 2 is 1.78 bits per heavy atom. The smallest absolute Gasteiger partial charge is 0.287 e. The van der Waals surface area contributed by atoms with Gasteiger partial charge < -0.3 is 9.73 Å². The van der Waals surface area contributed by atoms with Crippen molar-refractivity contribution >= 4 is 26.9 Å². The van der Waals surface area contributed by atoms with Crippen LogP contribution in [0.4, 0.5) is 0 Å². The summed E-state index contributed by atoms with van der Waals surface area (Å²) in [6.07, 6.45) is 0. The normalized spacial score (nSPS) is 11.5. The molecule has 0 saturated heterocycles. The molecule has 23 heavy (non-hydrogen) atoms. The van der Waals surface area contributed by atoms with Gasteiger partial charge in [0, 0.05) is 11.9 Å². The summed E-state index contributed by atoms with van der Waals surface area (Å²) >= 11 is 0. The van der Waals surface area contributed by atoms with Gasteiger partial charge in [-0.05, 0) is 29.8 Å². The fourth-order valence-corrected chi connectivity index (χ4v) is 2.68. The molecule has 0 aliphatic carbocycles. The van der Waals surface area contributed by atoms with E-state index in [1.165, 1.54) is 12.1 Å². The molecule has 3 N–H and O–H groups in total. The Morgan fingerprint density at radius 3 is 2.43 bits per heavy atom. The third-order valence-corrected chi connectivity index (χ3v) is 4.28. The molecule has 1 amide bonds. The first kappa shape index (κ1) is 15.3. The number of benzene rings is 2. The van der Waals surface area contributed by atoms with E-state index in [4.69, 9.17) is 9.56 Å². The number of nitrogens with two attached hydrogens (primary N) is 1. The van der Waals surface area contributed by atoms with E-state index >= 15 is 0 Å². The summed E-state index contributed by atoms with van der Waals surface area (Å²) in [6.45, 7) is 0.251. The van der Waals surface area contributed by atoms with Gasteiger partial charge in [-0.15, -0.1) is 0 Å². The molecule has 0 atom stereocenters. The second-order valence-electron chi connectivity index (χ2n) is 5.02. The number of furan rings is 1. The lowest BCUT2D eigenvalue weighted by molar-refractivity contribution is 0.0925. The minimum Gasteiger partial charge on any atom is -0.451 e. The van der Waals surface area contributed by atoms with Gasteiger partial charge in [0.1, 0.15) is 5.58 Å². The van der Waals surface area contributed by atoms with Gasteiger partial charge in [0.05, 0.1) is 4.90 Å². The summed E-state index contributed by atoms with van der Waals surface area (Å²) in [7, 11) is -3.71. The number of sulfonamides is 1. The predicted octanol–water partition coefficient (Wildman–Crippen LogP) is 2.01. The Balaban J connectivity index is 1.69. The van der Waals surface area contributed by atoms with Crippen molar-refractivity contribution in [3.63, 3.8) is 0 Å². The summed E-state index contributed by atoms with van der Waals surface area (Å²) in [5.74, 6) is -0.107. The van der Waals surface area contributed by atoms with E-state index in [2.05, 4.69) is 5.32 Å². The number of carbonyl (C=O) groups is 1. The lowest BCUT2D eigenvalue weighted by Crippen LogP contribution is -2.22. The van der Waals surface area contributed by atoms with Gasteiger partial charge in [0.25, 0.3) is 5.91 Å². The van der Waals surface area contributed by atoms with Gasteiger partial charge in [0.2, 0.25) is 10.0 Å². The predicted molar refractivity (Wildman–Crippen MR) is 85.2 cm³/mol. The first-order chi connectivity index (χ1) is 10.9. The van der Waals surface area contributed by atoms with Crippen molar-refractivity contribution < 1.29 is 17.6 Å². The van der Waals surface area contributed by atoms with Crippen LogP contribution in [-0.2, 0) is 16.6 Å². The Hall–Kier alpha value is -2.64. The van der Waals surface area contributed by atoms with Gasteiger partial charge in [-0.25, -0.2) is 13.6 Å². The Bertz CT molecular complexity index is 926. The second-order valence-corrected chi connectivity index (χ2v) is 6.58. The third-order valence-electron chi connectivity index (χ3n) is 3.35. The highest BCUT2D eigenvalue weighted by Gasteiger charge is 2.12. The highest BCUT2D eigenvalue weighted by atomic mass is 32.2. The standard InChI is InChI=1S/C16H14N2O4S/c17-23(20,21)13-7-5-11(6-8-13)10-18-16(19)15-9-12-3-1-2-4-14(12)22-15/h1-9H,10H2,(H,18,19)(H2,17,20,21). The molecule has 0 bridgehead atoms. The van der Waals surface area contributed by atoms with Gasteiger partial charge in [-0.1, -0.05) is 30.3 Å². The van der Waals surface area contributed by atoms with Crippen LogP contribution in [-0.4, -0.2) is 14.3 Å². The van der Waals surface area contributed by atoms with E-state index in [1.54, 1.807) is 24.3 Å². The average molecular weight is 330 g/mol. The van der Waals surface area contributed by atoms with Crippen LogP contribution < -0.4 is 10.5 Å². The molecular weight excluding hydrogens is 316 g/mol. The van der Waals surface area contributed by atoms with Crippen LogP contribution >= 0.6 is 0 Å². The molecule has 1 aromatic heterocycles. The van der Waals surface area contributed by atoms with Crippen molar-refractivity contribution in [3.8, 4) is 0 Å². The number of rotatable bonds is 4. The average Bonchev–Trinajstić information content (AvgIpc) is 2.96. The number of amides is 1. The fourth-order valence-electron chi connectivity index (χ4n) is 2.16. The van der Waals surface area contributed by atoms with Crippen LogP contribution in [0.3, 0.4) is 0 Å². The molecule has 118 valence electrons. The van der Waals surface area contributed by atoms with Crippen LogP contribution in [0.15, 0.2) is 63.9 Å². The molecule has 0 spiro atoms. The minimum atomic E-state index is -3.71. The first-order valence-corrected chi connectivity index (χ1v) is 8.37. The van der Waals surface area contributed by atoms with Gasteiger partial charge in [0.15, 0.2) is 5.76 Å². The zero-order chi connectivity index (χ0) is 16.4. The largest absolute Gasteiger partial charge is 0.451 e. The summed E-state index contributed by atoms with van der Waals surface area (Å²) in [4.78, 5) is 12.1. The highest BCUT2D eigenvalue weighted by Crippen LogP contribution is 2.18. The van der Waals surface area contributed by atoms with Crippen molar-refractivity contribution in [1.82, 2.24) is 5.32 Å². The molecule has 3 rings (SSSR count). The zero-order valence-electron chi connectivity index (χ0n) is 12.0. The first-order valence-electron chi connectivity index (χ1n) is 6.82. The molecule has 3 aromatic rings. The number of hydrogen-bond acceptors (Lipinski definition) is 4. The molecule has 0 saturated carbocycles. The number of primary sulfonamides is 1. The maximum atomic E-state index is 12.1. The lowest BCUT2D eigenvalue weighted by Gasteiger charge is -2.04. The van der Waals surface area contributed by atoms with Crippen LogP contribution in [0.2, 0.25) is 0 Å². The summed E-state index contributed by atoms with van der Waals surface area (Å²) in [6, 6.07) is 15.0. The summed E-state index contributed by atoms with van der Waals surface area (Å²) in [5.41, 5.74) is 1.40. The molecule has 6 nitrogen and oxygen atoms in total. The molecule has 0 radical (unpaired) electrons. The molecule has 2 aromatic carbocycles. The number of para-hydroxylation sites is 1. The fraction of sp³-hybridized carbons (Fsp3) is 0.0625. The number of nitrogens with one attached hydrogen (secondary N) is 1. The quantitative estimate of drug-likeness (QED) is 0.764. The van der Waals surface area contributed by atoms with Gasteiger partial charge in [-0.3, -0.25) is 4.79 Å². The molecule has 0 aliphatic heterocycles. The topological polar surface area (TPSA) is 102 Å². The molecule has 0 unspecified atom stereocenters. The number of hydrogen-bond donors (Lipinski definition) is 2. The van der Waals surface area contributed by atoms with Crippen molar-refractivity contribution in [2.45, 2.75) is 11.4 Å². The molecule has 1 heterocycles. The van der Waals surface area contributed by atoms with Crippen molar-refractivity contribution in [1.29, 1.82) is 0 Å². The monoisotopic (exact) mass is 330 g/mol. The molecular formula is C16H14N2O4S. The van der Waals surface area contributed by atoms with E-state index in [-0.39, 0.29) is 23.1 Å². The SMILES string of the molecule is NS(=O)(=O)c1ccc(CNC(=O)c2cc3ccccc3o2)cc1. The Kier molecular flexibility index (Phi) is 3.89. The number of fused-ring (bicyclic) bond motifs is 1. The van der Waals surface area contributed by atoms with E-state index in [1.807, 2.05) is 18.2 Å². The highest BCUT2D eigenvalue weighted by molar-refractivity contribution is 7.89. The van der Waals surface area contributed by atoms with Crippen LogP contribution in [0.25, 0.3) is 11.0 Å². The van der Waals surface area contributed by atoms with Crippen molar-refractivity contribution in [2.75, 3.05) is 0 Å². The minimum absolute atomic E-state index is 0.0323. The Morgan fingerprint density at radius 1 is 1.09 bits per heavy atom. The van der Waals surface area contributed by atoms with Crippen LogP contribution in [0, 0.1) is 0 Å². The van der Waals surface area contributed by atoms with Gasteiger partial charge >= 0.3 is 0 Å². The summed E-state index contributed by atoms with van der Waals surface area (Å²) < 4.78 is 27.8. The van der Waals surface area contributed by atoms with E-state index in [0.717, 1.165) is 10.9 Å². The lowest BCUT2D eigenvalue weighted by atomic mass is 10.2. The van der Waals surface area contributed by atoms with Crippen molar-refractivity contribution in [3.05, 3.63) is 65.9 Å². The van der Waals surface area contributed by atoms with Crippen molar-refractivity contribution in [2.24, 2.45) is 5.14 Å². The maximum Gasteiger partial charge on any atom is 0.287 e. The molecule has 0 aliphatic rings. The second kappa shape index (κ2) is 5.86. The van der Waals surface area contributed by atoms with E-state index in [0.29, 0.717) is 5.58 Å². The third kappa shape index (κ3) is 3.41. The van der Waals surface area contributed by atoms with Crippen LogP contribution in [0.5, 0.6) is 0 Å². The molecule has 0 fully saturated rings. The zero-order valence-corrected chi connectivity index (χ0v) is 12.8. The molecule has 7 heteroatoms. The van der Waals surface area contributed by atoms with E-state index in [9.17, 15) is 13.2 Å². The van der Waals surface area contributed by atoms with Gasteiger partial charge in [-0.2, -0.15) is 0 Å².